The van der Waals surface area contributed by atoms with E-state index in [1.165, 1.54) is 12.1 Å². The van der Waals surface area contributed by atoms with Crippen molar-refractivity contribution in [2.45, 2.75) is 13.0 Å². The number of hydrogen-bond donors (Lipinski definition) is 2. The van der Waals surface area contributed by atoms with Gasteiger partial charge in [-0.15, -0.1) is 0 Å². The SMILES string of the molecule is Cc1cc(N[C@@H](c2cccc([N+](=O)[O-])c2)c2ccc3cccnc3c2O)no1. The molecule has 0 spiro atoms. The maximum absolute atomic E-state index is 11.2. The topological polar surface area (TPSA) is 114 Å². The van der Waals surface area contributed by atoms with Crippen molar-refractivity contribution >= 4 is 22.4 Å². The molecule has 28 heavy (non-hydrogen) atoms. The molecule has 0 fully saturated rings. The van der Waals surface area contributed by atoms with Gasteiger partial charge >= 0.3 is 0 Å². The minimum Gasteiger partial charge on any atom is -0.505 e. The molecule has 2 N–H and O–H groups in total. The van der Waals surface area contributed by atoms with E-state index in [9.17, 15) is 15.2 Å². The van der Waals surface area contributed by atoms with E-state index in [0.29, 0.717) is 28.2 Å². The first-order valence-electron chi connectivity index (χ1n) is 8.54. The molecule has 0 aliphatic rings. The number of nitrogens with one attached hydrogen (secondary N) is 1. The van der Waals surface area contributed by atoms with Crippen molar-refractivity contribution < 1.29 is 14.6 Å². The summed E-state index contributed by atoms with van der Waals surface area (Å²) >= 11 is 0. The molecule has 0 saturated carbocycles. The van der Waals surface area contributed by atoms with Gasteiger partial charge in [0.2, 0.25) is 0 Å². The number of fused-ring (bicyclic) bond motifs is 1. The number of aryl methyl sites for hydroxylation is 1. The molecule has 0 bridgehead atoms. The number of nitrogens with zero attached hydrogens (tertiary/aromatic N) is 3. The van der Waals surface area contributed by atoms with Gasteiger partial charge in [-0.2, -0.15) is 0 Å². The third-order valence-corrected chi connectivity index (χ3v) is 4.42. The Hall–Kier alpha value is -3.94. The smallest absolute Gasteiger partial charge is 0.269 e. The Morgan fingerprint density at radius 1 is 1.18 bits per heavy atom. The van der Waals surface area contributed by atoms with E-state index >= 15 is 0 Å². The van der Waals surface area contributed by atoms with E-state index in [1.54, 1.807) is 43.5 Å². The molecule has 4 rings (SSSR count). The van der Waals surface area contributed by atoms with Crippen molar-refractivity contribution in [3.8, 4) is 5.75 Å². The summed E-state index contributed by atoms with van der Waals surface area (Å²) in [4.78, 5) is 15.0. The lowest BCUT2D eigenvalue weighted by molar-refractivity contribution is -0.384. The number of phenolic OH excluding ortho intramolecular Hbond substituents is 1. The predicted molar refractivity (Wildman–Crippen MR) is 103 cm³/mol. The highest BCUT2D eigenvalue weighted by atomic mass is 16.6. The average molecular weight is 376 g/mol. The summed E-state index contributed by atoms with van der Waals surface area (Å²) < 4.78 is 5.10. The van der Waals surface area contributed by atoms with Crippen LogP contribution in [0.4, 0.5) is 11.5 Å². The highest BCUT2D eigenvalue weighted by Gasteiger charge is 2.22. The number of non-ortho nitro benzene ring substituents is 1. The van der Waals surface area contributed by atoms with Crippen molar-refractivity contribution in [3.63, 3.8) is 0 Å². The second-order valence-corrected chi connectivity index (χ2v) is 6.33. The molecule has 2 heterocycles. The van der Waals surface area contributed by atoms with E-state index in [2.05, 4.69) is 15.5 Å². The van der Waals surface area contributed by atoms with Gasteiger partial charge in [-0.1, -0.05) is 35.5 Å². The lowest BCUT2D eigenvalue weighted by Gasteiger charge is -2.20. The second-order valence-electron chi connectivity index (χ2n) is 6.33. The van der Waals surface area contributed by atoms with Gasteiger partial charge in [0.05, 0.1) is 11.0 Å². The van der Waals surface area contributed by atoms with Crippen molar-refractivity contribution in [2.75, 3.05) is 5.32 Å². The largest absolute Gasteiger partial charge is 0.505 e. The Bertz CT molecular complexity index is 1170. The van der Waals surface area contributed by atoms with Crippen molar-refractivity contribution in [1.82, 2.24) is 10.1 Å². The molecule has 2 aromatic carbocycles. The van der Waals surface area contributed by atoms with Gasteiger partial charge in [0.1, 0.15) is 17.0 Å². The number of rotatable bonds is 5. The standard InChI is InChI=1S/C20H16N4O4/c1-12-10-17(23-28-12)22-18(14-4-2-6-15(11-14)24(26)27)16-8-7-13-5-3-9-21-19(13)20(16)25/h2-11,18,25H,1H3,(H,22,23)/t18-/m0/s1. The van der Waals surface area contributed by atoms with Gasteiger partial charge in [0.25, 0.3) is 5.69 Å². The molecule has 1 atom stereocenters. The minimum absolute atomic E-state index is 0.00215. The van der Waals surface area contributed by atoms with Crippen LogP contribution in [0.3, 0.4) is 0 Å². The van der Waals surface area contributed by atoms with Crippen LogP contribution in [0.15, 0.2) is 65.3 Å². The highest BCUT2D eigenvalue weighted by Crippen LogP contribution is 2.37. The number of hydrogen-bond acceptors (Lipinski definition) is 7. The molecule has 8 heteroatoms. The summed E-state index contributed by atoms with van der Waals surface area (Å²) in [6, 6.07) is 14.6. The number of anilines is 1. The lowest BCUT2D eigenvalue weighted by Crippen LogP contribution is -2.13. The Morgan fingerprint density at radius 2 is 2.04 bits per heavy atom. The first-order valence-corrected chi connectivity index (χ1v) is 8.54. The van der Waals surface area contributed by atoms with Crippen LogP contribution in [0, 0.1) is 17.0 Å². The fourth-order valence-corrected chi connectivity index (χ4v) is 3.12. The Morgan fingerprint density at radius 3 is 2.79 bits per heavy atom. The molecule has 4 aromatic rings. The molecule has 140 valence electrons. The normalized spacial score (nSPS) is 12.0. The van der Waals surface area contributed by atoms with Crippen molar-refractivity contribution in [3.05, 3.63) is 87.8 Å². The zero-order valence-corrected chi connectivity index (χ0v) is 14.9. The third-order valence-electron chi connectivity index (χ3n) is 4.42. The monoisotopic (exact) mass is 376 g/mol. The van der Waals surface area contributed by atoms with Crippen LogP contribution >= 0.6 is 0 Å². The van der Waals surface area contributed by atoms with Crippen LogP contribution < -0.4 is 5.32 Å². The van der Waals surface area contributed by atoms with Gasteiger partial charge in [-0.05, 0) is 18.6 Å². The van der Waals surface area contributed by atoms with Crippen LogP contribution in [0.25, 0.3) is 10.9 Å². The molecule has 8 nitrogen and oxygen atoms in total. The zero-order valence-electron chi connectivity index (χ0n) is 14.9. The molecule has 0 amide bonds. The number of aromatic nitrogens is 2. The maximum atomic E-state index is 11.2. The first-order chi connectivity index (χ1) is 13.5. The van der Waals surface area contributed by atoms with Crippen LogP contribution in [0.2, 0.25) is 0 Å². The highest BCUT2D eigenvalue weighted by molar-refractivity contribution is 5.86. The summed E-state index contributed by atoms with van der Waals surface area (Å²) in [5, 5.41) is 30.0. The molecule has 2 aromatic heterocycles. The van der Waals surface area contributed by atoms with Gasteiger partial charge in [-0.25, -0.2) is 0 Å². The van der Waals surface area contributed by atoms with E-state index < -0.39 is 11.0 Å². The first kappa shape index (κ1) is 17.5. The van der Waals surface area contributed by atoms with Crippen molar-refractivity contribution in [2.24, 2.45) is 0 Å². The van der Waals surface area contributed by atoms with Crippen LogP contribution in [-0.4, -0.2) is 20.2 Å². The summed E-state index contributed by atoms with van der Waals surface area (Å²) in [5.41, 5.74) is 1.53. The maximum Gasteiger partial charge on any atom is 0.269 e. The Kier molecular flexibility index (Phi) is 4.36. The number of nitro benzene ring substituents is 1. The number of nitro groups is 1. The van der Waals surface area contributed by atoms with Gasteiger partial charge in [0.15, 0.2) is 5.82 Å². The number of phenols is 1. The van der Waals surface area contributed by atoms with E-state index in [0.717, 1.165) is 5.39 Å². The zero-order chi connectivity index (χ0) is 19.7. The quantitative estimate of drug-likeness (QED) is 0.393. The second kappa shape index (κ2) is 6.99. The average Bonchev–Trinajstić information content (AvgIpc) is 3.12. The summed E-state index contributed by atoms with van der Waals surface area (Å²) in [6.45, 7) is 1.76. The van der Waals surface area contributed by atoms with Gasteiger partial charge < -0.3 is 14.9 Å². The van der Waals surface area contributed by atoms with Gasteiger partial charge in [0, 0.05) is 35.3 Å². The molecule has 0 radical (unpaired) electrons. The van der Waals surface area contributed by atoms with E-state index in [4.69, 9.17) is 4.52 Å². The molecule has 0 aliphatic carbocycles. The third kappa shape index (κ3) is 3.23. The van der Waals surface area contributed by atoms with Gasteiger partial charge in [-0.3, -0.25) is 15.1 Å². The number of benzene rings is 2. The Labute approximate surface area is 159 Å². The number of aromatic hydroxyl groups is 1. The molecule has 0 saturated heterocycles. The molecule has 0 aliphatic heterocycles. The summed E-state index contributed by atoms with van der Waals surface area (Å²) in [7, 11) is 0. The van der Waals surface area contributed by atoms with Crippen molar-refractivity contribution in [1.29, 1.82) is 0 Å². The molecular formula is C20H16N4O4. The minimum atomic E-state index is -0.601. The van der Waals surface area contributed by atoms with Crippen LogP contribution in [0.5, 0.6) is 5.75 Å². The molecule has 0 unspecified atom stereocenters. The van der Waals surface area contributed by atoms with Crippen LogP contribution in [-0.2, 0) is 0 Å². The fraction of sp³-hybridized carbons (Fsp3) is 0.100. The Balaban J connectivity index is 1.87. The molecular weight excluding hydrogens is 360 g/mol. The lowest BCUT2D eigenvalue weighted by atomic mass is 9.96. The van der Waals surface area contributed by atoms with Crippen LogP contribution in [0.1, 0.15) is 22.9 Å². The number of pyridine rings is 1. The predicted octanol–water partition coefficient (Wildman–Crippen LogP) is 4.35. The summed E-state index contributed by atoms with van der Waals surface area (Å²) in [6.07, 6.45) is 1.60. The summed E-state index contributed by atoms with van der Waals surface area (Å²) in [5.74, 6) is 1.07. The van der Waals surface area contributed by atoms with E-state index in [-0.39, 0.29) is 11.4 Å². The fourth-order valence-electron chi connectivity index (χ4n) is 3.12. The van der Waals surface area contributed by atoms with E-state index in [1.807, 2.05) is 12.1 Å².